The molecule has 0 N–H and O–H groups in total. The minimum Gasteiger partial charge on any atom is -0.495 e. The van der Waals surface area contributed by atoms with E-state index in [4.69, 9.17) is 9.47 Å². The van der Waals surface area contributed by atoms with E-state index in [0.717, 1.165) is 44.9 Å². The Morgan fingerprint density at radius 1 is 0.806 bits per heavy atom. The molecule has 0 aliphatic heterocycles. The van der Waals surface area contributed by atoms with Crippen LogP contribution in [0.3, 0.4) is 0 Å². The van der Waals surface area contributed by atoms with Crippen molar-refractivity contribution in [1.82, 2.24) is 9.55 Å². The monoisotopic (exact) mass is 472 g/mol. The molecular formula is C31H24N2O3. The van der Waals surface area contributed by atoms with Gasteiger partial charge in [-0.2, -0.15) is 0 Å². The van der Waals surface area contributed by atoms with Crippen LogP contribution in [-0.4, -0.2) is 22.4 Å². The van der Waals surface area contributed by atoms with Gasteiger partial charge in [0.1, 0.15) is 18.1 Å². The standard InChI is InChI=1S/C31H24N2O3/c1-20-17-33(19-32-20)29-15-26-25-12-11-23(14-27(25)31(34)28(26)16-30(29)35-2)22-9-6-10-24(13-22)36-18-21-7-4-3-5-8-21/h3-17,19H,18H2,1-2H3. The van der Waals surface area contributed by atoms with Gasteiger partial charge in [-0.15, -0.1) is 0 Å². The first kappa shape index (κ1) is 21.9. The molecule has 0 fully saturated rings. The van der Waals surface area contributed by atoms with Gasteiger partial charge in [0.25, 0.3) is 0 Å². The summed E-state index contributed by atoms with van der Waals surface area (Å²) in [5, 5.41) is 0. The molecular weight excluding hydrogens is 448 g/mol. The van der Waals surface area contributed by atoms with Gasteiger partial charge < -0.3 is 14.0 Å². The SMILES string of the molecule is COc1cc2c(cc1-n1cnc(C)c1)-c1ccc(-c3cccc(OCc4ccccc4)c3)cc1C2=O. The molecule has 0 spiro atoms. The summed E-state index contributed by atoms with van der Waals surface area (Å²) in [6, 6.07) is 28.0. The molecule has 1 aromatic heterocycles. The van der Waals surface area contributed by atoms with Crippen LogP contribution in [0.25, 0.3) is 27.9 Å². The molecule has 0 saturated carbocycles. The second kappa shape index (κ2) is 8.86. The van der Waals surface area contributed by atoms with Gasteiger partial charge in [0, 0.05) is 17.3 Å². The molecule has 176 valence electrons. The van der Waals surface area contributed by atoms with Crippen molar-refractivity contribution in [1.29, 1.82) is 0 Å². The normalized spacial score (nSPS) is 11.8. The molecule has 0 amide bonds. The van der Waals surface area contributed by atoms with Crippen LogP contribution in [0.5, 0.6) is 11.5 Å². The maximum atomic E-state index is 13.4. The Morgan fingerprint density at radius 3 is 2.39 bits per heavy atom. The summed E-state index contributed by atoms with van der Waals surface area (Å²) in [5.41, 5.74) is 8.03. The molecule has 0 bridgehead atoms. The fraction of sp³-hybridized carbons (Fsp3) is 0.0968. The van der Waals surface area contributed by atoms with Crippen molar-refractivity contribution >= 4 is 5.78 Å². The van der Waals surface area contributed by atoms with Crippen molar-refractivity contribution in [3.63, 3.8) is 0 Å². The molecule has 1 aliphatic carbocycles. The van der Waals surface area contributed by atoms with Crippen LogP contribution in [0.15, 0.2) is 97.5 Å². The Kier molecular flexibility index (Phi) is 5.38. The Bertz CT molecular complexity index is 1600. The van der Waals surface area contributed by atoms with Gasteiger partial charge in [-0.05, 0) is 65.1 Å². The number of hydrogen-bond acceptors (Lipinski definition) is 4. The highest BCUT2D eigenvalue weighted by atomic mass is 16.5. The maximum absolute atomic E-state index is 13.4. The number of benzene rings is 4. The quantitative estimate of drug-likeness (QED) is 0.272. The average molecular weight is 473 g/mol. The van der Waals surface area contributed by atoms with E-state index in [1.54, 1.807) is 13.4 Å². The van der Waals surface area contributed by atoms with Crippen LogP contribution >= 0.6 is 0 Å². The molecule has 36 heavy (non-hydrogen) atoms. The molecule has 0 atom stereocenters. The number of nitrogens with zero attached hydrogens (tertiary/aromatic N) is 2. The fourth-order valence-corrected chi connectivity index (χ4v) is 4.70. The first-order valence-corrected chi connectivity index (χ1v) is 11.8. The summed E-state index contributed by atoms with van der Waals surface area (Å²) in [6.07, 6.45) is 3.70. The number of rotatable bonds is 6. The lowest BCUT2D eigenvalue weighted by Gasteiger charge is -2.12. The zero-order valence-corrected chi connectivity index (χ0v) is 20.1. The van der Waals surface area contributed by atoms with Crippen molar-refractivity contribution < 1.29 is 14.3 Å². The lowest BCUT2D eigenvalue weighted by Crippen LogP contribution is -2.00. The predicted molar refractivity (Wildman–Crippen MR) is 140 cm³/mol. The predicted octanol–water partition coefficient (Wildman–Crippen LogP) is 6.65. The van der Waals surface area contributed by atoms with E-state index in [0.29, 0.717) is 23.5 Å². The van der Waals surface area contributed by atoms with E-state index in [9.17, 15) is 4.79 Å². The van der Waals surface area contributed by atoms with Crippen LogP contribution < -0.4 is 9.47 Å². The summed E-state index contributed by atoms with van der Waals surface area (Å²) < 4.78 is 13.6. The Balaban J connectivity index is 1.34. The summed E-state index contributed by atoms with van der Waals surface area (Å²) in [7, 11) is 1.62. The third kappa shape index (κ3) is 3.85. The van der Waals surface area contributed by atoms with Crippen LogP contribution in [0.1, 0.15) is 27.2 Å². The summed E-state index contributed by atoms with van der Waals surface area (Å²) in [4.78, 5) is 17.8. The van der Waals surface area contributed by atoms with E-state index in [2.05, 4.69) is 11.1 Å². The van der Waals surface area contributed by atoms with Crippen molar-refractivity contribution in [2.45, 2.75) is 13.5 Å². The largest absolute Gasteiger partial charge is 0.495 e. The fourth-order valence-electron chi connectivity index (χ4n) is 4.70. The molecule has 5 aromatic rings. The zero-order valence-electron chi connectivity index (χ0n) is 20.1. The number of carbonyl (C=O) groups is 1. The number of fused-ring (bicyclic) bond motifs is 3. The maximum Gasteiger partial charge on any atom is 0.194 e. The van der Waals surface area contributed by atoms with Crippen molar-refractivity contribution in [3.05, 3.63) is 120 Å². The minimum absolute atomic E-state index is 0.00462. The molecule has 0 radical (unpaired) electrons. The number of carbonyl (C=O) groups excluding carboxylic acids is 1. The third-order valence-electron chi connectivity index (χ3n) is 6.52. The highest BCUT2D eigenvalue weighted by molar-refractivity contribution is 6.22. The molecule has 5 heteroatoms. The van der Waals surface area contributed by atoms with E-state index in [-0.39, 0.29) is 5.78 Å². The van der Waals surface area contributed by atoms with E-state index >= 15 is 0 Å². The second-order valence-electron chi connectivity index (χ2n) is 8.88. The van der Waals surface area contributed by atoms with Gasteiger partial charge in [0.15, 0.2) is 5.78 Å². The Hall–Kier alpha value is -4.64. The number of aryl methyl sites for hydroxylation is 1. The molecule has 0 unspecified atom stereocenters. The van der Waals surface area contributed by atoms with Crippen molar-refractivity contribution in [2.24, 2.45) is 0 Å². The lowest BCUT2D eigenvalue weighted by atomic mass is 9.98. The van der Waals surface area contributed by atoms with Gasteiger partial charge in [0.2, 0.25) is 0 Å². The number of ketones is 1. The highest BCUT2D eigenvalue weighted by Crippen LogP contribution is 2.42. The van der Waals surface area contributed by atoms with Gasteiger partial charge >= 0.3 is 0 Å². The highest BCUT2D eigenvalue weighted by Gasteiger charge is 2.29. The molecule has 4 aromatic carbocycles. The van der Waals surface area contributed by atoms with E-state index in [1.165, 1.54) is 0 Å². The molecule has 1 aliphatic rings. The first-order chi connectivity index (χ1) is 17.6. The molecule has 0 saturated heterocycles. The molecule has 5 nitrogen and oxygen atoms in total. The average Bonchev–Trinajstić information content (AvgIpc) is 3.48. The van der Waals surface area contributed by atoms with Gasteiger partial charge in [-0.3, -0.25) is 4.79 Å². The van der Waals surface area contributed by atoms with E-state index < -0.39 is 0 Å². The van der Waals surface area contributed by atoms with Gasteiger partial charge in [-0.25, -0.2) is 4.98 Å². The minimum atomic E-state index is 0.00462. The number of aromatic nitrogens is 2. The summed E-state index contributed by atoms with van der Waals surface area (Å²) >= 11 is 0. The van der Waals surface area contributed by atoms with Crippen molar-refractivity contribution in [2.75, 3.05) is 7.11 Å². The topological polar surface area (TPSA) is 53.4 Å². The number of imidazole rings is 1. The first-order valence-electron chi connectivity index (χ1n) is 11.8. The van der Waals surface area contributed by atoms with Gasteiger partial charge in [0.05, 0.1) is 24.8 Å². The molecule has 1 heterocycles. The van der Waals surface area contributed by atoms with E-state index in [1.807, 2.05) is 96.6 Å². The smallest absolute Gasteiger partial charge is 0.194 e. The number of ether oxygens (including phenoxy) is 2. The van der Waals surface area contributed by atoms with Crippen molar-refractivity contribution in [3.8, 4) is 39.4 Å². The molecule has 6 rings (SSSR count). The summed E-state index contributed by atoms with van der Waals surface area (Å²) in [5.74, 6) is 1.43. The van der Waals surface area contributed by atoms with Crippen LogP contribution in [0, 0.1) is 6.92 Å². The van der Waals surface area contributed by atoms with Crippen LogP contribution in [0.4, 0.5) is 0 Å². The summed E-state index contributed by atoms with van der Waals surface area (Å²) in [6.45, 7) is 2.45. The Morgan fingerprint density at radius 2 is 1.61 bits per heavy atom. The Labute approximate surface area is 209 Å². The number of hydrogen-bond donors (Lipinski definition) is 0. The zero-order chi connectivity index (χ0) is 24.6. The number of methoxy groups -OCH3 is 1. The van der Waals surface area contributed by atoms with Gasteiger partial charge in [-0.1, -0.05) is 54.6 Å². The third-order valence-corrected chi connectivity index (χ3v) is 6.52. The van der Waals surface area contributed by atoms with Crippen LogP contribution in [0.2, 0.25) is 0 Å². The lowest BCUT2D eigenvalue weighted by molar-refractivity contribution is 0.104. The second-order valence-corrected chi connectivity index (χ2v) is 8.88. The van der Waals surface area contributed by atoms with Crippen LogP contribution in [-0.2, 0) is 6.61 Å².